The molecule has 0 aliphatic rings. The summed E-state index contributed by atoms with van der Waals surface area (Å²) in [6.07, 6.45) is 0. The van der Waals surface area contributed by atoms with Gasteiger partial charge in [0, 0.05) is 5.69 Å². The summed E-state index contributed by atoms with van der Waals surface area (Å²) >= 11 is 6.99. The second-order valence-corrected chi connectivity index (χ2v) is 4.04. The molecule has 0 saturated heterocycles. The van der Waals surface area contributed by atoms with Gasteiger partial charge < -0.3 is 5.73 Å². The Morgan fingerprint density at radius 3 is 2.60 bits per heavy atom. The van der Waals surface area contributed by atoms with E-state index < -0.39 is 0 Å². The molecule has 2 N–H and O–H groups in total. The Morgan fingerprint density at radius 2 is 2.00 bits per heavy atom. The van der Waals surface area contributed by atoms with Crippen molar-refractivity contribution >= 4 is 28.8 Å². The van der Waals surface area contributed by atoms with Crippen molar-refractivity contribution in [3.8, 4) is 16.5 Å². The third-order valence-electron chi connectivity index (χ3n) is 1.94. The molecule has 0 unspecified atom stereocenters. The van der Waals surface area contributed by atoms with Crippen molar-refractivity contribution in [3.63, 3.8) is 0 Å². The van der Waals surface area contributed by atoms with Crippen molar-refractivity contribution in [2.45, 2.75) is 0 Å². The molecule has 1 aromatic carbocycles. The highest BCUT2D eigenvalue weighted by Crippen LogP contribution is 2.32. The summed E-state index contributed by atoms with van der Waals surface area (Å²) in [5.41, 5.74) is 7.60. The molecule has 15 heavy (non-hydrogen) atoms. The third kappa shape index (κ3) is 1.80. The molecule has 0 aliphatic heterocycles. The highest BCUT2D eigenvalue weighted by Gasteiger charge is 2.12. The predicted molar refractivity (Wildman–Crippen MR) is 61.7 cm³/mol. The maximum atomic E-state index is 8.91. The summed E-state index contributed by atoms with van der Waals surface area (Å²) in [6.45, 7) is 0. The minimum atomic E-state index is 0.259. The van der Waals surface area contributed by atoms with E-state index >= 15 is 0 Å². The van der Waals surface area contributed by atoms with Gasteiger partial charge in [0.1, 0.15) is 11.6 Å². The average Bonchev–Trinajstić information content (AvgIpc) is 2.61. The Kier molecular flexibility index (Phi) is 2.58. The topological polar surface area (TPSA) is 62.7 Å². The van der Waals surface area contributed by atoms with E-state index in [1.165, 1.54) is 11.5 Å². The molecule has 0 bridgehead atoms. The summed E-state index contributed by atoms with van der Waals surface area (Å²) in [5, 5.41) is 9.17. The van der Waals surface area contributed by atoms with Crippen molar-refractivity contribution < 1.29 is 0 Å². The molecule has 5 heteroatoms. The van der Waals surface area contributed by atoms with Crippen LogP contribution in [0.5, 0.6) is 0 Å². The Bertz CT molecular complexity index is 525. The molecule has 0 radical (unpaired) electrons. The van der Waals surface area contributed by atoms with Crippen molar-refractivity contribution in [2.24, 2.45) is 0 Å². The third-order valence-corrected chi connectivity index (χ3v) is 3.21. The Hall–Kier alpha value is -1.57. The quantitative estimate of drug-likeness (QED) is 0.773. The van der Waals surface area contributed by atoms with Gasteiger partial charge in [0.25, 0.3) is 0 Å². The summed E-state index contributed by atoms with van der Waals surface area (Å²) in [5.74, 6) is 0. The second kappa shape index (κ2) is 3.89. The maximum Gasteiger partial charge on any atom is 0.161 e. The van der Waals surface area contributed by atoms with Crippen molar-refractivity contribution in [3.05, 3.63) is 35.0 Å². The van der Waals surface area contributed by atoms with Gasteiger partial charge in [-0.3, -0.25) is 0 Å². The zero-order chi connectivity index (χ0) is 10.8. The fourth-order valence-electron chi connectivity index (χ4n) is 1.20. The fraction of sp³-hybridized carbons (Fsp3) is 0. The number of anilines is 1. The van der Waals surface area contributed by atoms with Gasteiger partial charge in [0.15, 0.2) is 5.15 Å². The molecule has 0 spiro atoms. The zero-order valence-electron chi connectivity index (χ0n) is 7.57. The van der Waals surface area contributed by atoms with Gasteiger partial charge in [0.2, 0.25) is 0 Å². The minimum Gasteiger partial charge on any atom is -0.399 e. The molecular weight excluding hydrogens is 230 g/mol. The molecule has 2 aromatic rings. The number of benzene rings is 1. The van der Waals surface area contributed by atoms with E-state index in [0.29, 0.717) is 11.3 Å². The average molecular weight is 236 g/mol. The SMILES string of the molecule is N#Cc1c(Cl)nsc1-c1ccc(N)cc1. The largest absolute Gasteiger partial charge is 0.399 e. The van der Waals surface area contributed by atoms with Crippen LogP contribution in [0.4, 0.5) is 5.69 Å². The number of rotatable bonds is 1. The monoisotopic (exact) mass is 235 g/mol. The molecule has 1 heterocycles. The molecule has 0 saturated carbocycles. The molecule has 3 nitrogen and oxygen atoms in total. The predicted octanol–water partition coefficient (Wildman–Crippen LogP) is 2.92. The molecule has 0 amide bonds. The highest BCUT2D eigenvalue weighted by molar-refractivity contribution is 7.10. The van der Waals surface area contributed by atoms with Gasteiger partial charge in [-0.1, -0.05) is 23.7 Å². The van der Waals surface area contributed by atoms with E-state index in [0.717, 1.165) is 10.4 Å². The second-order valence-electron chi connectivity index (χ2n) is 2.91. The van der Waals surface area contributed by atoms with Gasteiger partial charge in [-0.05, 0) is 29.2 Å². The van der Waals surface area contributed by atoms with Crippen molar-refractivity contribution in [1.29, 1.82) is 5.26 Å². The fourth-order valence-corrected chi connectivity index (χ4v) is 2.23. The Labute approximate surface area is 95.9 Å². The van der Waals surface area contributed by atoms with E-state index in [1.807, 2.05) is 18.2 Å². The first-order valence-electron chi connectivity index (χ1n) is 4.13. The number of nitrogen functional groups attached to an aromatic ring is 1. The lowest BCUT2D eigenvalue weighted by atomic mass is 10.1. The van der Waals surface area contributed by atoms with Gasteiger partial charge in [-0.25, -0.2) is 0 Å². The van der Waals surface area contributed by atoms with Crippen LogP contribution in [0.1, 0.15) is 5.56 Å². The van der Waals surface area contributed by atoms with E-state index in [2.05, 4.69) is 4.37 Å². The Balaban J connectivity index is 2.55. The Morgan fingerprint density at radius 1 is 1.33 bits per heavy atom. The zero-order valence-corrected chi connectivity index (χ0v) is 9.14. The van der Waals surface area contributed by atoms with E-state index in [1.54, 1.807) is 12.1 Å². The van der Waals surface area contributed by atoms with E-state index in [4.69, 9.17) is 22.6 Å². The molecule has 0 atom stereocenters. The normalized spacial score (nSPS) is 9.87. The molecule has 1 aromatic heterocycles. The van der Waals surface area contributed by atoms with Crippen LogP contribution in [-0.4, -0.2) is 4.37 Å². The van der Waals surface area contributed by atoms with Crippen LogP contribution < -0.4 is 5.73 Å². The van der Waals surface area contributed by atoms with Gasteiger partial charge in [-0.2, -0.15) is 9.64 Å². The van der Waals surface area contributed by atoms with E-state index in [9.17, 15) is 0 Å². The summed E-state index contributed by atoms with van der Waals surface area (Å²) < 4.78 is 3.94. The number of hydrogen-bond acceptors (Lipinski definition) is 4. The van der Waals surface area contributed by atoms with Crippen LogP contribution in [0.15, 0.2) is 24.3 Å². The molecule has 0 fully saturated rings. The number of halogens is 1. The smallest absolute Gasteiger partial charge is 0.161 e. The first kappa shape index (κ1) is 9.97. The number of nitriles is 1. The van der Waals surface area contributed by atoms with Crippen LogP contribution in [0, 0.1) is 11.3 Å². The molecule has 0 aliphatic carbocycles. The molecular formula is C10H6ClN3S. The van der Waals surface area contributed by atoms with Crippen molar-refractivity contribution in [1.82, 2.24) is 4.37 Å². The van der Waals surface area contributed by atoms with Gasteiger partial charge in [-0.15, -0.1) is 0 Å². The van der Waals surface area contributed by atoms with E-state index in [-0.39, 0.29) is 5.15 Å². The number of aromatic nitrogens is 1. The maximum absolute atomic E-state index is 8.91. The first-order valence-corrected chi connectivity index (χ1v) is 5.28. The lowest BCUT2D eigenvalue weighted by molar-refractivity contribution is 1.47. The number of nitrogens with zero attached hydrogens (tertiary/aromatic N) is 2. The van der Waals surface area contributed by atoms with Gasteiger partial charge in [0.05, 0.1) is 4.88 Å². The standard InChI is InChI=1S/C10H6ClN3S/c11-10-8(5-12)9(15-14-10)6-1-3-7(13)4-2-6/h1-4H,13H2. The van der Waals surface area contributed by atoms with Crippen LogP contribution in [0.25, 0.3) is 10.4 Å². The highest BCUT2D eigenvalue weighted by atomic mass is 35.5. The summed E-state index contributed by atoms with van der Waals surface area (Å²) in [7, 11) is 0. The molecule has 2 rings (SSSR count). The van der Waals surface area contributed by atoms with Crippen LogP contribution in [0.2, 0.25) is 5.15 Å². The summed E-state index contributed by atoms with van der Waals surface area (Å²) in [6, 6.07) is 9.30. The number of nitrogens with two attached hydrogens (primary N) is 1. The summed E-state index contributed by atoms with van der Waals surface area (Å²) in [4.78, 5) is 0.780. The minimum absolute atomic E-state index is 0.259. The lowest BCUT2D eigenvalue weighted by Crippen LogP contribution is -1.83. The molecule has 74 valence electrons. The van der Waals surface area contributed by atoms with Crippen molar-refractivity contribution in [2.75, 3.05) is 5.73 Å². The lowest BCUT2D eigenvalue weighted by Gasteiger charge is -1.97. The van der Waals surface area contributed by atoms with Crippen LogP contribution in [0.3, 0.4) is 0 Å². The first-order chi connectivity index (χ1) is 7.22. The van der Waals surface area contributed by atoms with Crippen LogP contribution in [-0.2, 0) is 0 Å². The number of hydrogen-bond donors (Lipinski definition) is 1. The van der Waals surface area contributed by atoms with Crippen LogP contribution >= 0.6 is 23.1 Å². The van der Waals surface area contributed by atoms with Gasteiger partial charge >= 0.3 is 0 Å².